The number of allylic oxidation sites excluding steroid dienone is 1. The third-order valence-electron chi connectivity index (χ3n) is 3.70. The molecule has 128 valence electrons. The van der Waals surface area contributed by atoms with Crippen molar-refractivity contribution in [3.63, 3.8) is 0 Å². The SMILES string of the molecule is C=CCc1ccc(OC2O[C@H](CO)[C@@H](O)[C@H](O)[C@H]2O)c(OC)c1. The molecule has 7 heteroatoms. The van der Waals surface area contributed by atoms with Crippen LogP contribution in [0.3, 0.4) is 0 Å². The van der Waals surface area contributed by atoms with Crippen LogP contribution in [0.2, 0.25) is 0 Å². The molecule has 4 N–H and O–H groups in total. The molecule has 1 aliphatic rings. The van der Waals surface area contributed by atoms with Crippen LogP contribution in [0, 0.1) is 0 Å². The van der Waals surface area contributed by atoms with E-state index < -0.39 is 37.3 Å². The van der Waals surface area contributed by atoms with Gasteiger partial charge in [0.25, 0.3) is 0 Å². The molecule has 1 saturated heterocycles. The molecule has 5 atom stereocenters. The van der Waals surface area contributed by atoms with Crippen molar-refractivity contribution in [2.45, 2.75) is 37.1 Å². The van der Waals surface area contributed by atoms with Crippen LogP contribution >= 0.6 is 0 Å². The minimum Gasteiger partial charge on any atom is -0.493 e. The highest BCUT2D eigenvalue weighted by Crippen LogP contribution is 2.32. The molecule has 0 bridgehead atoms. The molecule has 23 heavy (non-hydrogen) atoms. The van der Waals surface area contributed by atoms with Gasteiger partial charge in [0.1, 0.15) is 24.4 Å². The Kier molecular flexibility index (Phi) is 5.97. The first kappa shape index (κ1) is 17.7. The van der Waals surface area contributed by atoms with Crippen molar-refractivity contribution in [3.05, 3.63) is 36.4 Å². The van der Waals surface area contributed by atoms with Gasteiger partial charge in [0.15, 0.2) is 11.5 Å². The summed E-state index contributed by atoms with van der Waals surface area (Å²) in [6.07, 6.45) is -4.23. The smallest absolute Gasteiger partial charge is 0.229 e. The highest BCUT2D eigenvalue weighted by molar-refractivity contribution is 5.43. The average Bonchev–Trinajstić information content (AvgIpc) is 2.56. The van der Waals surface area contributed by atoms with Gasteiger partial charge in [-0.25, -0.2) is 0 Å². The summed E-state index contributed by atoms with van der Waals surface area (Å²) in [7, 11) is 1.48. The molecule has 7 nitrogen and oxygen atoms in total. The van der Waals surface area contributed by atoms with Crippen LogP contribution in [0.4, 0.5) is 0 Å². The highest BCUT2D eigenvalue weighted by Gasteiger charge is 2.44. The monoisotopic (exact) mass is 326 g/mol. The lowest BCUT2D eigenvalue weighted by molar-refractivity contribution is -0.277. The number of benzene rings is 1. The molecule has 1 aromatic rings. The molecule has 0 radical (unpaired) electrons. The molecule has 1 heterocycles. The summed E-state index contributed by atoms with van der Waals surface area (Å²) >= 11 is 0. The number of ether oxygens (including phenoxy) is 3. The molecule has 2 rings (SSSR count). The molecule has 0 aromatic heterocycles. The highest BCUT2D eigenvalue weighted by atomic mass is 16.7. The largest absolute Gasteiger partial charge is 0.493 e. The topological polar surface area (TPSA) is 109 Å². The average molecular weight is 326 g/mol. The van der Waals surface area contributed by atoms with Crippen molar-refractivity contribution in [2.24, 2.45) is 0 Å². The normalized spacial score (nSPS) is 30.7. The first-order valence-corrected chi connectivity index (χ1v) is 7.26. The number of rotatable bonds is 6. The molecule has 1 aliphatic heterocycles. The summed E-state index contributed by atoms with van der Waals surface area (Å²) in [4.78, 5) is 0. The van der Waals surface area contributed by atoms with Crippen LogP contribution in [0.5, 0.6) is 11.5 Å². The minimum atomic E-state index is -1.49. The lowest BCUT2D eigenvalue weighted by Crippen LogP contribution is -2.60. The van der Waals surface area contributed by atoms with Gasteiger partial charge in [0.2, 0.25) is 6.29 Å². The fraction of sp³-hybridized carbons (Fsp3) is 0.500. The number of methoxy groups -OCH3 is 1. The summed E-state index contributed by atoms with van der Waals surface area (Å²) in [6, 6.07) is 5.23. The second kappa shape index (κ2) is 7.76. The summed E-state index contributed by atoms with van der Waals surface area (Å²) in [5.41, 5.74) is 0.970. The standard InChI is InChI=1S/C16H22O7/c1-3-4-9-5-6-10(11(7-9)21-2)22-16-15(20)14(19)13(18)12(8-17)23-16/h3,5-7,12-20H,1,4,8H2,2H3/t12-,13-,14+,15-,16?/m1/s1. The molecule has 0 amide bonds. The molecular weight excluding hydrogens is 304 g/mol. The number of hydrogen-bond acceptors (Lipinski definition) is 7. The molecule has 0 aliphatic carbocycles. The van der Waals surface area contributed by atoms with Crippen LogP contribution in [0.25, 0.3) is 0 Å². The first-order valence-electron chi connectivity index (χ1n) is 7.26. The molecule has 1 fully saturated rings. The van der Waals surface area contributed by atoms with Gasteiger partial charge >= 0.3 is 0 Å². The van der Waals surface area contributed by atoms with E-state index in [1.165, 1.54) is 7.11 Å². The van der Waals surface area contributed by atoms with Crippen LogP contribution < -0.4 is 9.47 Å². The van der Waals surface area contributed by atoms with Crippen molar-refractivity contribution in [1.29, 1.82) is 0 Å². The number of hydrogen-bond donors (Lipinski definition) is 4. The predicted molar refractivity (Wildman–Crippen MR) is 81.3 cm³/mol. The Morgan fingerprint density at radius 1 is 1.17 bits per heavy atom. The van der Waals surface area contributed by atoms with Gasteiger partial charge in [-0.05, 0) is 24.1 Å². The fourth-order valence-electron chi connectivity index (χ4n) is 2.39. The first-order chi connectivity index (χ1) is 11.0. The second-order valence-corrected chi connectivity index (χ2v) is 5.29. The van der Waals surface area contributed by atoms with E-state index in [0.717, 1.165) is 5.56 Å². The van der Waals surface area contributed by atoms with Crippen molar-refractivity contribution in [1.82, 2.24) is 0 Å². The summed E-state index contributed by atoms with van der Waals surface area (Å²) in [5.74, 6) is 0.742. The molecule has 1 aromatic carbocycles. The Hall–Kier alpha value is -1.64. The van der Waals surface area contributed by atoms with E-state index in [1.807, 2.05) is 6.07 Å². The van der Waals surface area contributed by atoms with Crippen LogP contribution in [0.15, 0.2) is 30.9 Å². The van der Waals surface area contributed by atoms with Gasteiger partial charge in [0, 0.05) is 0 Å². The van der Waals surface area contributed by atoms with Crippen LogP contribution in [0.1, 0.15) is 5.56 Å². The van der Waals surface area contributed by atoms with Crippen molar-refractivity contribution >= 4 is 0 Å². The molecule has 0 spiro atoms. The molecule has 0 saturated carbocycles. The summed E-state index contributed by atoms with van der Waals surface area (Å²) < 4.78 is 16.1. The van der Waals surface area contributed by atoms with Gasteiger partial charge in [-0.1, -0.05) is 12.1 Å². The van der Waals surface area contributed by atoms with Gasteiger partial charge in [-0.15, -0.1) is 6.58 Å². The number of aliphatic hydroxyl groups excluding tert-OH is 4. The van der Waals surface area contributed by atoms with E-state index in [9.17, 15) is 20.4 Å². The Balaban J connectivity index is 2.18. The third kappa shape index (κ3) is 3.82. The Morgan fingerprint density at radius 2 is 1.91 bits per heavy atom. The zero-order chi connectivity index (χ0) is 17.0. The molecule has 1 unspecified atom stereocenters. The fourth-order valence-corrected chi connectivity index (χ4v) is 2.39. The third-order valence-corrected chi connectivity index (χ3v) is 3.70. The van der Waals surface area contributed by atoms with Crippen LogP contribution in [-0.2, 0) is 11.2 Å². The van der Waals surface area contributed by atoms with Gasteiger partial charge in [-0.2, -0.15) is 0 Å². The van der Waals surface area contributed by atoms with E-state index in [-0.39, 0.29) is 0 Å². The maximum absolute atomic E-state index is 9.99. The lowest BCUT2D eigenvalue weighted by atomic mass is 9.99. The van der Waals surface area contributed by atoms with E-state index in [1.54, 1.807) is 18.2 Å². The van der Waals surface area contributed by atoms with E-state index in [4.69, 9.17) is 14.2 Å². The van der Waals surface area contributed by atoms with Crippen molar-refractivity contribution < 1.29 is 34.6 Å². The van der Waals surface area contributed by atoms with Crippen molar-refractivity contribution in [2.75, 3.05) is 13.7 Å². The molecular formula is C16H22O7. The zero-order valence-electron chi connectivity index (χ0n) is 12.8. The summed E-state index contributed by atoms with van der Waals surface area (Å²) in [6.45, 7) is 3.16. The number of aliphatic hydroxyl groups is 4. The van der Waals surface area contributed by atoms with E-state index >= 15 is 0 Å². The maximum Gasteiger partial charge on any atom is 0.229 e. The minimum absolute atomic E-state index is 0.310. The van der Waals surface area contributed by atoms with Gasteiger partial charge in [-0.3, -0.25) is 0 Å². The quantitative estimate of drug-likeness (QED) is 0.527. The second-order valence-electron chi connectivity index (χ2n) is 5.29. The van der Waals surface area contributed by atoms with Crippen molar-refractivity contribution in [3.8, 4) is 11.5 Å². The predicted octanol–water partition coefficient (Wildman–Crippen LogP) is -0.398. The maximum atomic E-state index is 9.99. The summed E-state index contributed by atoms with van der Waals surface area (Å²) in [5, 5.41) is 38.7. The Bertz CT molecular complexity index is 531. The Morgan fingerprint density at radius 3 is 2.52 bits per heavy atom. The lowest BCUT2D eigenvalue weighted by Gasteiger charge is -2.39. The van der Waals surface area contributed by atoms with E-state index in [2.05, 4.69) is 6.58 Å². The van der Waals surface area contributed by atoms with E-state index in [0.29, 0.717) is 17.9 Å². The zero-order valence-corrected chi connectivity index (χ0v) is 12.8. The van der Waals surface area contributed by atoms with Crippen LogP contribution in [-0.4, -0.2) is 64.8 Å². The Labute approximate surface area is 134 Å². The van der Waals surface area contributed by atoms with Gasteiger partial charge in [0.05, 0.1) is 13.7 Å². The van der Waals surface area contributed by atoms with Gasteiger partial charge < -0.3 is 34.6 Å².